The minimum atomic E-state index is -1.93. The second-order valence-corrected chi connectivity index (χ2v) is 25.4. The van der Waals surface area contributed by atoms with Crippen LogP contribution in [-0.4, -0.2) is 176 Å². The highest BCUT2D eigenvalue weighted by Crippen LogP contribution is 2.49. The summed E-state index contributed by atoms with van der Waals surface area (Å²) in [6.45, 7) is 12.1. The Kier molecular flexibility index (Phi) is 27.8. The molecule has 28 heteroatoms. The molecule has 89 heavy (non-hydrogen) atoms. The number of carbonyl (C=O) groups excluding carboxylic acids is 9. The van der Waals surface area contributed by atoms with Crippen LogP contribution in [0, 0.1) is 17.8 Å². The van der Waals surface area contributed by atoms with Gasteiger partial charge in [0.1, 0.15) is 53.1 Å². The van der Waals surface area contributed by atoms with E-state index in [4.69, 9.17) is 57.4 Å². The largest absolute Gasteiger partial charge is 0.495 e. The normalized spacial score (nSPS) is 24.6. The van der Waals surface area contributed by atoms with E-state index < -0.39 is 120 Å². The molecule has 12 atom stereocenters. The van der Waals surface area contributed by atoms with Crippen LogP contribution in [0.15, 0.2) is 54.1 Å². The zero-order chi connectivity index (χ0) is 66.2. The monoisotopic (exact) mass is 1410 g/mol. The zero-order valence-corrected chi connectivity index (χ0v) is 56.6. The average molecular weight is 1420 g/mol. The Hall–Kier alpha value is -5.87. The number of alkyl carbamates (subject to hydrolysis) is 1. The Balaban J connectivity index is 1.34. The molecule has 492 valence electrons. The molecule has 0 spiro atoms. The molecule has 24 nitrogen and oxygen atoms in total. The number of methoxy groups -OCH3 is 2. The van der Waals surface area contributed by atoms with E-state index >= 15 is 0 Å². The SMILES string of the molecule is COc1cc2cc(c1Cl)N(C)C(=O)C[C@H](OC(=O)[C@H](C)N(C)C(=O)c1ccc(NC(=O)[C@H](CCCNC(N)=O)NC(=O)[C@@H](NC(C=O)CCCC(C)OC(=O)C(CBr)CBr)C(C)C)cc1Cl)[C@]1(C)O[C@H]1[C@H](C)[C@@H]1C[C@@](O)(NC(=O)O1)[C@H](OC)/C=C/C=C(\C)C2. The lowest BCUT2D eigenvalue weighted by Gasteiger charge is -2.42. The number of esters is 2. The summed E-state index contributed by atoms with van der Waals surface area (Å²) in [7, 11) is 5.71. The molecule has 0 radical (unpaired) electrons. The molecule has 2 aromatic rings. The van der Waals surface area contributed by atoms with Crippen LogP contribution >= 0.6 is 55.1 Å². The van der Waals surface area contributed by atoms with E-state index in [0.29, 0.717) is 54.1 Å². The number of halogens is 4. The molecule has 3 aliphatic heterocycles. The summed E-state index contributed by atoms with van der Waals surface area (Å²) in [6.07, 6.45) is 1.71. The maximum absolute atomic E-state index is 14.5. The number of nitrogens with two attached hydrogens (primary N) is 1. The van der Waals surface area contributed by atoms with Crippen molar-refractivity contribution in [3.63, 3.8) is 0 Å². The van der Waals surface area contributed by atoms with Crippen LogP contribution in [0.1, 0.15) is 109 Å². The number of hydrogen-bond donors (Lipinski definition) is 7. The summed E-state index contributed by atoms with van der Waals surface area (Å²) >= 11 is 20.2. The number of allylic oxidation sites excluding steroid dienone is 3. The number of nitrogens with one attached hydrogen (secondary N) is 5. The maximum Gasteiger partial charge on any atom is 0.409 e. The number of aliphatic hydroxyl groups is 1. The number of anilines is 2. The van der Waals surface area contributed by atoms with Crippen molar-refractivity contribution in [2.45, 2.75) is 166 Å². The van der Waals surface area contributed by atoms with Gasteiger partial charge in [-0.15, -0.1) is 0 Å². The number of primary amides is 1. The minimum Gasteiger partial charge on any atom is -0.495 e. The second-order valence-electron chi connectivity index (χ2n) is 23.3. The molecule has 0 aliphatic carbocycles. The number of urea groups is 1. The van der Waals surface area contributed by atoms with Gasteiger partial charge in [0.15, 0.2) is 5.72 Å². The molecule has 2 saturated heterocycles. The summed E-state index contributed by atoms with van der Waals surface area (Å²) in [6, 6.07) is 2.56. The van der Waals surface area contributed by atoms with Gasteiger partial charge in [0.2, 0.25) is 17.7 Å². The Bertz CT molecular complexity index is 2960. The number of amides is 7. The van der Waals surface area contributed by atoms with Gasteiger partial charge in [0, 0.05) is 56.4 Å². The summed E-state index contributed by atoms with van der Waals surface area (Å²) in [5, 5.41) is 26.4. The van der Waals surface area contributed by atoms with Gasteiger partial charge in [-0.25, -0.2) is 14.4 Å². The first-order valence-corrected chi connectivity index (χ1v) is 32.3. The molecule has 0 aromatic heterocycles. The van der Waals surface area contributed by atoms with E-state index in [1.807, 2.05) is 13.0 Å². The van der Waals surface area contributed by atoms with Crippen LogP contribution < -0.4 is 42.0 Å². The Morgan fingerprint density at radius 1 is 1.00 bits per heavy atom. The molecule has 2 aromatic carbocycles. The van der Waals surface area contributed by atoms with Gasteiger partial charge in [-0.05, 0) is 108 Å². The predicted octanol–water partition coefficient (Wildman–Crippen LogP) is 7.04. The second kappa shape index (κ2) is 33.4. The molecular formula is C61H84Br2Cl2N8O16. The molecule has 4 bridgehead atoms. The standard InChI is InChI=1S/C61H84Br2Cl2N8O16/c1-32(2)51(68-40(31-74)17-13-16-34(4)86-57(80)38(29-62)30-63)54(77)70-43(18-14-22-67-58(66)81)53(76)69-39-20-21-41(42(64)26-39)55(78)72(8)36(6)56(79)88-48-27-49(75)73(9)44-24-37(25-45(84-10)50(44)65)23-33(3)15-12-19-47(85-11)61(83)28-46(87-59(82)71-61)35(5)52-60(48,7)89-52/h12,15,19-21,24-26,31-32,34-36,38,40,43,46-48,51-52,68,83H,13-14,16-18,22-23,27-30H2,1-11H3,(H,69,76)(H,70,77)(H,71,82)(H3,66,67,81)/b19-12+,33-15+/t34?,35-,36+,40?,43+,46+,47-,48+,51+,52+,60+,61+/m1/s1. The molecule has 3 aliphatic rings. The fraction of sp³-hybridized carbons (Fsp3) is 0.590. The first-order valence-electron chi connectivity index (χ1n) is 29.3. The van der Waals surface area contributed by atoms with Gasteiger partial charge in [-0.3, -0.25) is 34.6 Å². The van der Waals surface area contributed by atoms with Crippen molar-refractivity contribution in [3.05, 3.63) is 75.3 Å². The van der Waals surface area contributed by atoms with Crippen LogP contribution in [0.3, 0.4) is 0 Å². The van der Waals surface area contributed by atoms with E-state index in [0.717, 1.165) is 16.0 Å². The van der Waals surface area contributed by atoms with E-state index in [-0.39, 0.29) is 64.9 Å². The molecule has 2 unspecified atom stereocenters. The topological polar surface area (TPSA) is 325 Å². The number of epoxide rings is 1. The van der Waals surface area contributed by atoms with Gasteiger partial charge in [-0.1, -0.05) is 99.6 Å². The van der Waals surface area contributed by atoms with Crippen molar-refractivity contribution in [1.82, 2.24) is 26.2 Å². The highest BCUT2D eigenvalue weighted by atomic mass is 79.9. The van der Waals surface area contributed by atoms with E-state index in [1.54, 1.807) is 58.9 Å². The lowest BCUT2D eigenvalue weighted by Crippen LogP contribution is -2.63. The van der Waals surface area contributed by atoms with Gasteiger partial charge in [0.05, 0.1) is 60.0 Å². The van der Waals surface area contributed by atoms with Crippen molar-refractivity contribution in [2.24, 2.45) is 23.5 Å². The van der Waals surface area contributed by atoms with Crippen LogP contribution in [-0.2, 0) is 58.9 Å². The number of fused-ring (bicyclic) bond motifs is 5. The van der Waals surface area contributed by atoms with E-state index in [1.165, 1.54) is 58.3 Å². The van der Waals surface area contributed by atoms with Crippen LogP contribution in [0.25, 0.3) is 0 Å². The lowest BCUT2D eigenvalue weighted by atomic mass is 9.83. The third-order valence-electron chi connectivity index (χ3n) is 16.2. The van der Waals surface area contributed by atoms with Gasteiger partial charge >= 0.3 is 24.1 Å². The molecular weight excluding hydrogens is 1330 g/mol. The van der Waals surface area contributed by atoms with Crippen LogP contribution in [0.5, 0.6) is 5.75 Å². The van der Waals surface area contributed by atoms with Crippen molar-refractivity contribution in [2.75, 3.05) is 55.7 Å². The van der Waals surface area contributed by atoms with Crippen molar-refractivity contribution < 1.29 is 76.7 Å². The number of ether oxygens (including phenoxy) is 6. The molecule has 5 rings (SSSR count). The third kappa shape index (κ3) is 19.8. The maximum atomic E-state index is 14.5. The van der Waals surface area contributed by atoms with Crippen molar-refractivity contribution in [3.8, 4) is 5.75 Å². The van der Waals surface area contributed by atoms with Gasteiger partial charge < -0.3 is 69.8 Å². The molecule has 0 saturated carbocycles. The Labute approximate surface area is 546 Å². The number of rotatable bonds is 26. The first-order chi connectivity index (χ1) is 41.9. The summed E-state index contributed by atoms with van der Waals surface area (Å²) in [5.41, 5.74) is 3.92. The number of benzene rings is 2. The Morgan fingerprint density at radius 3 is 2.31 bits per heavy atom. The van der Waals surface area contributed by atoms with Crippen molar-refractivity contribution in [1.29, 1.82) is 0 Å². The van der Waals surface area contributed by atoms with E-state index in [9.17, 15) is 48.3 Å². The summed E-state index contributed by atoms with van der Waals surface area (Å²) < 4.78 is 35.1. The number of carbonyl (C=O) groups is 9. The highest BCUT2D eigenvalue weighted by Gasteiger charge is 2.64. The molecule has 8 N–H and O–H groups in total. The van der Waals surface area contributed by atoms with Crippen LogP contribution in [0.2, 0.25) is 10.0 Å². The first kappa shape index (κ1) is 73.9. The lowest BCUT2D eigenvalue weighted by molar-refractivity contribution is -0.158. The number of likely N-dealkylation sites (N-methyl/N-ethyl adjacent to an activating group) is 1. The fourth-order valence-electron chi connectivity index (χ4n) is 10.5. The van der Waals surface area contributed by atoms with Gasteiger partial charge in [-0.2, -0.15) is 0 Å². The van der Waals surface area contributed by atoms with Crippen molar-refractivity contribution >= 4 is 120 Å². The minimum absolute atomic E-state index is 0.0294. The molecule has 7 amide bonds. The number of alkyl halides is 2. The predicted molar refractivity (Wildman–Crippen MR) is 341 cm³/mol. The Morgan fingerprint density at radius 2 is 1.70 bits per heavy atom. The smallest absolute Gasteiger partial charge is 0.409 e. The van der Waals surface area contributed by atoms with Gasteiger partial charge in [0.25, 0.3) is 5.91 Å². The summed E-state index contributed by atoms with van der Waals surface area (Å²) in [4.78, 5) is 123. The number of nitrogens with zero attached hydrogens (tertiary/aromatic N) is 2. The molecule has 3 heterocycles. The zero-order valence-electron chi connectivity index (χ0n) is 52.0. The fourth-order valence-corrected chi connectivity index (χ4v) is 12.7. The van der Waals surface area contributed by atoms with Crippen LogP contribution in [0.4, 0.5) is 21.0 Å². The highest BCUT2D eigenvalue weighted by molar-refractivity contribution is 9.09. The quantitative estimate of drug-likeness (QED) is 0.0124. The van der Waals surface area contributed by atoms with E-state index in [2.05, 4.69) is 58.4 Å². The number of aldehydes is 1. The average Bonchev–Trinajstić information content (AvgIpc) is 1.69. The third-order valence-corrected chi connectivity index (χ3v) is 18.4. The molecule has 2 fully saturated rings. The summed E-state index contributed by atoms with van der Waals surface area (Å²) in [5.74, 6) is -4.88. The number of hydrogen-bond acceptors (Lipinski definition) is 17.